The molecule has 0 saturated carbocycles. The van der Waals surface area contributed by atoms with Gasteiger partial charge in [0.1, 0.15) is 11.6 Å². The van der Waals surface area contributed by atoms with Gasteiger partial charge in [0, 0.05) is 32.5 Å². The number of hydrogen-bond acceptors (Lipinski definition) is 4. The smallest absolute Gasteiger partial charge is 0.191 e. The van der Waals surface area contributed by atoms with E-state index in [1.165, 1.54) is 18.4 Å². The first-order chi connectivity index (χ1) is 14.6. The monoisotopic (exact) mass is 540 g/mol. The van der Waals surface area contributed by atoms with Crippen molar-refractivity contribution in [1.29, 1.82) is 0 Å². The van der Waals surface area contributed by atoms with Crippen LogP contribution in [0.4, 0.5) is 0 Å². The van der Waals surface area contributed by atoms with E-state index in [1.807, 2.05) is 31.6 Å². The Labute approximate surface area is 203 Å². The van der Waals surface area contributed by atoms with E-state index >= 15 is 0 Å². The van der Waals surface area contributed by atoms with Crippen LogP contribution in [0.1, 0.15) is 44.1 Å². The second kappa shape index (κ2) is 12.9. The Hall–Kier alpha value is -1.81. The molecule has 1 aliphatic rings. The molecule has 1 saturated heterocycles. The maximum atomic E-state index is 5.32. The molecule has 2 aromatic rings. The number of aliphatic imine (C=N–C) groups is 1. The first-order valence-electron chi connectivity index (χ1n) is 10.9. The predicted molar refractivity (Wildman–Crippen MR) is 137 cm³/mol. The van der Waals surface area contributed by atoms with Crippen molar-refractivity contribution in [2.45, 2.75) is 45.8 Å². The third kappa shape index (κ3) is 7.38. The summed E-state index contributed by atoms with van der Waals surface area (Å²) in [5.74, 6) is 3.30. The molecule has 0 bridgehead atoms. The molecule has 1 aromatic carbocycles. The van der Waals surface area contributed by atoms with Gasteiger partial charge in [0.05, 0.1) is 19.7 Å². The van der Waals surface area contributed by atoms with Crippen LogP contribution in [-0.4, -0.2) is 54.2 Å². The number of methoxy groups -OCH3 is 1. The van der Waals surface area contributed by atoms with Gasteiger partial charge in [-0.05, 0) is 49.5 Å². The topological polar surface area (TPSA) is 66.7 Å². The molecular formula is C23H37IN6O. The molecule has 172 valence electrons. The number of halogens is 1. The number of ether oxygens (including phenoxy) is 1. The number of likely N-dealkylation sites (tertiary alicyclic amines) is 1. The SMILES string of the molecule is CN=C(NCc1nccn1CC(C)C)NCC(c1ccc(OC)cc1)N1CCCC1.I. The minimum atomic E-state index is 0. The van der Waals surface area contributed by atoms with Crippen molar-refractivity contribution in [3.8, 4) is 5.75 Å². The van der Waals surface area contributed by atoms with E-state index in [-0.39, 0.29) is 24.0 Å². The lowest BCUT2D eigenvalue weighted by Crippen LogP contribution is -2.42. The Bertz CT molecular complexity index is 799. The lowest BCUT2D eigenvalue weighted by Gasteiger charge is -2.29. The molecule has 0 amide bonds. The van der Waals surface area contributed by atoms with Gasteiger partial charge in [-0.2, -0.15) is 0 Å². The average molecular weight is 540 g/mol. The molecule has 7 nitrogen and oxygen atoms in total. The minimum Gasteiger partial charge on any atom is -0.497 e. The van der Waals surface area contributed by atoms with Gasteiger partial charge >= 0.3 is 0 Å². The number of rotatable bonds is 9. The van der Waals surface area contributed by atoms with Crippen molar-refractivity contribution in [3.05, 3.63) is 48.0 Å². The molecular weight excluding hydrogens is 503 g/mol. The first-order valence-corrected chi connectivity index (χ1v) is 10.9. The fourth-order valence-electron chi connectivity index (χ4n) is 3.98. The molecule has 0 spiro atoms. The van der Waals surface area contributed by atoms with Crippen molar-refractivity contribution in [2.24, 2.45) is 10.9 Å². The Morgan fingerprint density at radius 3 is 2.48 bits per heavy atom. The van der Waals surface area contributed by atoms with Gasteiger partial charge in [-0.1, -0.05) is 26.0 Å². The molecule has 1 fully saturated rings. The van der Waals surface area contributed by atoms with Gasteiger partial charge in [-0.3, -0.25) is 9.89 Å². The third-order valence-electron chi connectivity index (χ3n) is 5.55. The number of aromatic nitrogens is 2. The highest BCUT2D eigenvalue weighted by Crippen LogP contribution is 2.26. The third-order valence-corrected chi connectivity index (χ3v) is 5.55. The van der Waals surface area contributed by atoms with E-state index in [1.54, 1.807) is 7.11 Å². The summed E-state index contributed by atoms with van der Waals surface area (Å²) in [7, 11) is 3.52. The van der Waals surface area contributed by atoms with E-state index in [9.17, 15) is 0 Å². The van der Waals surface area contributed by atoms with Crippen molar-refractivity contribution >= 4 is 29.9 Å². The zero-order chi connectivity index (χ0) is 21.3. The lowest BCUT2D eigenvalue weighted by atomic mass is 10.1. The molecule has 1 atom stereocenters. The van der Waals surface area contributed by atoms with Crippen LogP contribution in [0.2, 0.25) is 0 Å². The standard InChI is InChI=1S/C23H36N6O.HI/c1-18(2)17-29-14-11-25-22(29)16-27-23(24-3)26-15-21(28-12-5-6-13-28)19-7-9-20(30-4)10-8-19;/h7-11,14,18,21H,5-6,12-13,15-17H2,1-4H3,(H2,24,26,27);1H. The zero-order valence-electron chi connectivity index (χ0n) is 19.2. The lowest BCUT2D eigenvalue weighted by molar-refractivity contribution is 0.245. The number of imidazole rings is 1. The summed E-state index contributed by atoms with van der Waals surface area (Å²) in [6, 6.07) is 8.73. The highest BCUT2D eigenvalue weighted by molar-refractivity contribution is 14.0. The average Bonchev–Trinajstić information content (AvgIpc) is 3.43. The van der Waals surface area contributed by atoms with E-state index in [0.717, 1.165) is 43.7 Å². The highest BCUT2D eigenvalue weighted by Gasteiger charge is 2.23. The van der Waals surface area contributed by atoms with Crippen LogP contribution in [0.15, 0.2) is 41.7 Å². The summed E-state index contributed by atoms with van der Waals surface area (Å²) in [5.41, 5.74) is 1.30. The Kier molecular flexibility index (Phi) is 10.6. The van der Waals surface area contributed by atoms with Crippen LogP contribution in [0.3, 0.4) is 0 Å². The molecule has 0 radical (unpaired) electrons. The fourth-order valence-corrected chi connectivity index (χ4v) is 3.98. The van der Waals surface area contributed by atoms with Crippen LogP contribution in [0.5, 0.6) is 5.75 Å². The molecule has 2 N–H and O–H groups in total. The Balaban J connectivity index is 0.00000341. The highest BCUT2D eigenvalue weighted by atomic mass is 127. The van der Waals surface area contributed by atoms with Gasteiger partial charge in [0.25, 0.3) is 0 Å². The number of nitrogens with zero attached hydrogens (tertiary/aromatic N) is 4. The van der Waals surface area contributed by atoms with Gasteiger partial charge in [0.2, 0.25) is 0 Å². The normalized spacial score (nSPS) is 15.6. The van der Waals surface area contributed by atoms with Crippen LogP contribution in [0.25, 0.3) is 0 Å². The van der Waals surface area contributed by atoms with Crippen molar-refractivity contribution in [1.82, 2.24) is 25.1 Å². The second-order valence-electron chi connectivity index (χ2n) is 8.23. The number of benzene rings is 1. The molecule has 2 heterocycles. The van der Waals surface area contributed by atoms with E-state index < -0.39 is 0 Å². The number of hydrogen-bond donors (Lipinski definition) is 2. The van der Waals surface area contributed by atoms with Gasteiger partial charge in [0.15, 0.2) is 5.96 Å². The maximum Gasteiger partial charge on any atom is 0.191 e. The minimum absolute atomic E-state index is 0. The molecule has 1 aromatic heterocycles. The van der Waals surface area contributed by atoms with Crippen LogP contribution in [0, 0.1) is 5.92 Å². The van der Waals surface area contributed by atoms with Crippen molar-refractivity contribution in [3.63, 3.8) is 0 Å². The summed E-state index contributed by atoms with van der Waals surface area (Å²) < 4.78 is 7.53. The van der Waals surface area contributed by atoms with E-state index in [2.05, 4.69) is 56.1 Å². The predicted octanol–water partition coefficient (Wildman–Crippen LogP) is 3.67. The fraction of sp³-hybridized carbons (Fsp3) is 0.565. The summed E-state index contributed by atoms with van der Waals surface area (Å²) in [6.45, 7) is 9.12. The molecule has 1 aliphatic heterocycles. The summed E-state index contributed by atoms with van der Waals surface area (Å²) in [5, 5.41) is 6.94. The molecule has 8 heteroatoms. The summed E-state index contributed by atoms with van der Waals surface area (Å²) >= 11 is 0. The first kappa shape index (κ1) is 25.5. The molecule has 0 aliphatic carbocycles. The zero-order valence-corrected chi connectivity index (χ0v) is 21.5. The number of nitrogens with one attached hydrogen (secondary N) is 2. The van der Waals surface area contributed by atoms with Crippen molar-refractivity contribution < 1.29 is 4.74 Å². The maximum absolute atomic E-state index is 5.32. The van der Waals surface area contributed by atoms with Crippen LogP contribution < -0.4 is 15.4 Å². The second-order valence-corrected chi connectivity index (χ2v) is 8.23. The molecule has 3 rings (SSSR count). The van der Waals surface area contributed by atoms with Crippen LogP contribution >= 0.6 is 24.0 Å². The summed E-state index contributed by atoms with van der Waals surface area (Å²) in [6.07, 6.45) is 6.43. The van der Waals surface area contributed by atoms with E-state index in [4.69, 9.17) is 4.74 Å². The quantitative estimate of drug-likeness (QED) is 0.289. The number of guanidine groups is 1. The van der Waals surface area contributed by atoms with Crippen molar-refractivity contribution in [2.75, 3.05) is 33.8 Å². The largest absolute Gasteiger partial charge is 0.497 e. The van der Waals surface area contributed by atoms with Crippen LogP contribution in [-0.2, 0) is 13.1 Å². The van der Waals surface area contributed by atoms with Gasteiger partial charge in [-0.15, -0.1) is 24.0 Å². The Morgan fingerprint density at radius 2 is 1.87 bits per heavy atom. The molecule has 31 heavy (non-hydrogen) atoms. The Morgan fingerprint density at radius 1 is 1.16 bits per heavy atom. The van der Waals surface area contributed by atoms with Gasteiger partial charge in [-0.25, -0.2) is 4.98 Å². The molecule has 1 unspecified atom stereocenters. The van der Waals surface area contributed by atoms with E-state index in [0.29, 0.717) is 18.5 Å². The summed E-state index contributed by atoms with van der Waals surface area (Å²) in [4.78, 5) is 11.5. The van der Waals surface area contributed by atoms with Gasteiger partial charge < -0.3 is 19.9 Å².